The third-order valence-corrected chi connectivity index (χ3v) is 4.99. The fourth-order valence-corrected chi connectivity index (χ4v) is 3.27. The van der Waals surface area contributed by atoms with Gasteiger partial charge in [-0.2, -0.15) is 0 Å². The summed E-state index contributed by atoms with van der Waals surface area (Å²) in [5.74, 6) is 0.251. The molecule has 0 fully saturated rings. The molecule has 7 heteroatoms. The van der Waals surface area contributed by atoms with E-state index in [4.69, 9.17) is 0 Å². The Hall–Kier alpha value is -3.32. The van der Waals surface area contributed by atoms with Gasteiger partial charge in [0.1, 0.15) is 5.75 Å². The van der Waals surface area contributed by atoms with Crippen LogP contribution >= 0.6 is 11.8 Å². The van der Waals surface area contributed by atoms with E-state index in [1.54, 1.807) is 24.0 Å². The Bertz CT molecular complexity index is 1070. The summed E-state index contributed by atoms with van der Waals surface area (Å²) in [6.45, 7) is 1.55. The standard InChI is InChI=1S/C25H30N4O2S/c1-18(30)22(28(2)3)11-9-7-8-10-20-17-21(27-25(26-20)32-6)14-12-19-13-15-23(29(4)5)24(31)16-19/h7-17,31H,1-6H3. The van der Waals surface area contributed by atoms with Gasteiger partial charge in [0, 0.05) is 35.1 Å². The van der Waals surface area contributed by atoms with Gasteiger partial charge in [0.25, 0.3) is 0 Å². The van der Waals surface area contributed by atoms with E-state index in [2.05, 4.69) is 9.97 Å². The van der Waals surface area contributed by atoms with Crippen molar-refractivity contribution in [2.75, 3.05) is 39.3 Å². The first kappa shape index (κ1) is 24.9. The Morgan fingerprint density at radius 3 is 2.22 bits per heavy atom. The summed E-state index contributed by atoms with van der Waals surface area (Å²) in [4.78, 5) is 24.3. The molecular formula is C25H30N4O2S. The van der Waals surface area contributed by atoms with Crippen LogP contribution < -0.4 is 4.90 Å². The lowest BCUT2D eigenvalue weighted by Gasteiger charge is -2.14. The second-order valence-electron chi connectivity index (χ2n) is 7.43. The number of likely N-dealkylation sites (N-methyl/N-ethyl adjacent to an activating group) is 1. The number of benzene rings is 1. The van der Waals surface area contributed by atoms with Crippen molar-refractivity contribution in [3.63, 3.8) is 0 Å². The number of hydrogen-bond donors (Lipinski definition) is 1. The summed E-state index contributed by atoms with van der Waals surface area (Å²) < 4.78 is 0. The smallest absolute Gasteiger partial charge is 0.188 e. The van der Waals surface area contributed by atoms with Gasteiger partial charge in [0.05, 0.1) is 22.8 Å². The SMILES string of the molecule is CSc1nc(C=CC=CC=C(C(C)=O)N(C)C)cc(C=Cc2ccc(N(C)C)c(O)c2)n1. The number of phenolic OH excluding ortho intramolecular Hbond substituents is 1. The average molecular weight is 451 g/mol. The molecule has 0 atom stereocenters. The number of allylic oxidation sites excluding steroid dienone is 5. The van der Waals surface area contributed by atoms with E-state index in [1.807, 2.05) is 94.0 Å². The van der Waals surface area contributed by atoms with Gasteiger partial charge < -0.3 is 14.9 Å². The van der Waals surface area contributed by atoms with Crippen molar-refractivity contribution in [3.05, 3.63) is 71.2 Å². The molecule has 1 aromatic carbocycles. The van der Waals surface area contributed by atoms with Gasteiger partial charge in [-0.25, -0.2) is 9.97 Å². The molecule has 0 bridgehead atoms. The van der Waals surface area contributed by atoms with Gasteiger partial charge in [-0.1, -0.05) is 42.1 Å². The van der Waals surface area contributed by atoms with Crippen LogP contribution in [0.1, 0.15) is 23.9 Å². The van der Waals surface area contributed by atoms with Crippen LogP contribution in [0.4, 0.5) is 5.69 Å². The number of thioether (sulfide) groups is 1. The number of rotatable bonds is 9. The maximum atomic E-state index is 11.6. The van der Waals surface area contributed by atoms with E-state index in [0.717, 1.165) is 22.6 Å². The number of nitrogens with zero attached hydrogens (tertiary/aromatic N) is 4. The summed E-state index contributed by atoms with van der Waals surface area (Å²) >= 11 is 1.47. The summed E-state index contributed by atoms with van der Waals surface area (Å²) in [6, 6.07) is 7.45. The molecule has 0 amide bonds. The quantitative estimate of drug-likeness (QED) is 0.256. The predicted molar refractivity (Wildman–Crippen MR) is 136 cm³/mol. The normalized spacial score (nSPS) is 12.2. The molecule has 0 aliphatic carbocycles. The van der Waals surface area contributed by atoms with E-state index in [-0.39, 0.29) is 11.5 Å². The van der Waals surface area contributed by atoms with Gasteiger partial charge in [0.2, 0.25) is 0 Å². The molecule has 1 heterocycles. The highest BCUT2D eigenvalue weighted by atomic mass is 32.2. The minimum Gasteiger partial charge on any atom is -0.506 e. The number of carbonyl (C=O) groups is 1. The third-order valence-electron chi connectivity index (χ3n) is 4.44. The molecule has 0 saturated heterocycles. The van der Waals surface area contributed by atoms with Crippen LogP contribution in [0.2, 0.25) is 0 Å². The zero-order valence-corrected chi connectivity index (χ0v) is 20.2. The Labute approximate surface area is 194 Å². The third kappa shape index (κ3) is 7.42. The van der Waals surface area contributed by atoms with Crippen LogP contribution in [-0.4, -0.2) is 60.2 Å². The van der Waals surface area contributed by atoms with Gasteiger partial charge in [-0.3, -0.25) is 4.79 Å². The number of phenols is 1. The number of aromatic nitrogens is 2. The number of hydrogen-bond acceptors (Lipinski definition) is 7. The average Bonchev–Trinajstić information content (AvgIpc) is 2.73. The number of ketones is 1. The molecule has 168 valence electrons. The lowest BCUT2D eigenvalue weighted by atomic mass is 10.1. The topological polar surface area (TPSA) is 69.6 Å². The van der Waals surface area contributed by atoms with Crippen molar-refractivity contribution in [1.82, 2.24) is 14.9 Å². The van der Waals surface area contributed by atoms with Crippen molar-refractivity contribution in [1.29, 1.82) is 0 Å². The number of anilines is 1. The van der Waals surface area contributed by atoms with Crippen molar-refractivity contribution in [2.45, 2.75) is 12.1 Å². The first-order valence-electron chi connectivity index (χ1n) is 10.1. The molecule has 0 saturated carbocycles. The lowest BCUT2D eigenvalue weighted by Crippen LogP contribution is -2.16. The molecule has 2 aromatic rings. The molecule has 1 aromatic heterocycles. The molecule has 2 rings (SSSR count). The number of aromatic hydroxyl groups is 1. The molecule has 32 heavy (non-hydrogen) atoms. The van der Waals surface area contributed by atoms with Crippen LogP contribution in [0.15, 0.2) is 59.4 Å². The Morgan fingerprint density at radius 2 is 1.66 bits per heavy atom. The fourth-order valence-electron chi connectivity index (χ4n) is 2.87. The van der Waals surface area contributed by atoms with Crippen molar-refractivity contribution >= 4 is 41.5 Å². The maximum Gasteiger partial charge on any atom is 0.188 e. The number of Topliss-reactive ketones (excluding diaryl/α,β-unsaturated/α-hetero) is 1. The Morgan fingerprint density at radius 1 is 0.969 bits per heavy atom. The van der Waals surface area contributed by atoms with Gasteiger partial charge in [-0.15, -0.1) is 0 Å². The van der Waals surface area contributed by atoms with E-state index in [9.17, 15) is 9.90 Å². The van der Waals surface area contributed by atoms with E-state index >= 15 is 0 Å². The molecule has 1 N–H and O–H groups in total. The molecule has 0 unspecified atom stereocenters. The number of carbonyl (C=O) groups excluding carboxylic acids is 1. The van der Waals surface area contributed by atoms with E-state index in [0.29, 0.717) is 10.9 Å². The molecule has 6 nitrogen and oxygen atoms in total. The largest absolute Gasteiger partial charge is 0.506 e. The second-order valence-corrected chi connectivity index (χ2v) is 8.20. The molecule has 0 radical (unpaired) electrons. The second kappa shape index (κ2) is 11.9. The van der Waals surface area contributed by atoms with Crippen molar-refractivity contribution < 1.29 is 9.90 Å². The highest BCUT2D eigenvalue weighted by Gasteiger charge is 2.04. The first-order chi connectivity index (χ1) is 15.2. The van der Waals surface area contributed by atoms with Gasteiger partial charge in [0.15, 0.2) is 10.9 Å². The van der Waals surface area contributed by atoms with Crippen LogP contribution in [-0.2, 0) is 4.79 Å². The summed E-state index contributed by atoms with van der Waals surface area (Å²) in [6.07, 6.45) is 15.0. The predicted octanol–water partition coefficient (Wildman–Crippen LogP) is 4.74. The Kier molecular flexibility index (Phi) is 9.28. The molecule has 0 aliphatic rings. The lowest BCUT2D eigenvalue weighted by molar-refractivity contribution is -0.114. The minimum atomic E-state index is 0.0187. The zero-order valence-electron chi connectivity index (χ0n) is 19.4. The van der Waals surface area contributed by atoms with E-state index in [1.165, 1.54) is 11.8 Å². The van der Waals surface area contributed by atoms with Crippen LogP contribution in [0, 0.1) is 0 Å². The van der Waals surface area contributed by atoms with Crippen LogP contribution in [0.3, 0.4) is 0 Å². The van der Waals surface area contributed by atoms with Crippen LogP contribution in [0.25, 0.3) is 18.2 Å². The molecular weight excluding hydrogens is 420 g/mol. The van der Waals surface area contributed by atoms with Crippen molar-refractivity contribution in [3.8, 4) is 5.75 Å². The van der Waals surface area contributed by atoms with Crippen LogP contribution in [0.5, 0.6) is 5.75 Å². The van der Waals surface area contributed by atoms with Gasteiger partial charge in [-0.05, 0) is 48.2 Å². The minimum absolute atomic E-state index is 0.0187. The highest BCUT2D eigenvalue weighted by molar-refractivity contribution is 7.98. The zero-order chi connectivity index (χ0) is 23.7. The summed E-state index contributed by atoms with van der Waals surface area (Å²) in [5.41, 5.74) is 3.84. The monoisotopic (exact) mass is 450 g/mol. The Balaban J connectivity index is 2.20. The van der Waals surface area contributed by atoms with Gasteiger partial charge >= 0.3 is 0 Å². The summed E-state index contributed by atoms with van der Waals surface area (Å²) in [7, 11) is 7.46. The van der Waals surface area contributed by atoms with E-state index < -0.39 is 0 Å². The molecule has 0 spiro atoms. The highest BCUT2D eigenvalue weighted by Crippen LogP contribution is 2.27. The first-order valence-corrected chi connectivity index (χ1v) is 11.3. The fraction of sp³-hybridized carbons (Fsp3) is 0.240. The molecule has 0 aliphatic heterocycles. The summed E-state index contributed by atoms with van der Waals surface area (Å²) in [5, 5.41) is 10.8. The maximum absolute atomic E-state index is 11.6. The van der Waals surface area contributed by atoms with Crippen molar-refractivity contribution in [2.24, 2.45) is 0 Å².